The number of carbonyl (C=O) groups is 1. The number of rotatable bonds is 5. The van der Waals surface area contributed by atoms with Gasteiger partial charge in [-0.2, -0.15) is 5.10 Å². The molecule has 1 aromatic carbocycles. The Morgan fingerprint density at radius 3 is 2.96 bits per heavy atom. The van der Waals surface area contributed by atoms with Gasteiger partial charge in [0.1, 0.15) is 6.04 Å². The number of nitrogens with one attached hydrogen (secondary N) is 2. The van der Waals surface area contributed by atoms with E-state index in [4.69, 9.17) is 0 Å². The highest BCUT2D eigenvalue weighted by atomic mass is 16.2. The van der Waals surface area contributed by atoms with E-state index in [-0.39, 0.29) is 11.5 Å². The molecule has 1 atom stereocenters. The molecule has 3 aromatic rings. The molecule has 23 heavy (non-hydrogen) atoms. The first-order chi connectivity index (χ1) is 11.2. The number of H-pyrrole nitrogens is 1. The summed E-state index contributed by atoms with van der Waals surface area (Å²) in [6, 6.07) is 10.4. The van der Waals surface area contributed by atoms with Gasteiger partial charge in [0.2, 0.25) is 5.91 Å². The van der Waals surface area contributed by atoms with E-state index in [1.54, 1.807) is 13.0 Å². The Bertz CT molecular complexity index is 881. The van der Waals surface area contributed by atoms with E-state index in [0.29, 0.717) is 6.54 Å². The standard InChI is InChI=1S/C17H18N4O2/c1-12(21-16(22)7-4-9-20-21)17(23)18-10-8-13-11-19-15-6-3-2-5-14(13)15/h2-7,9,11-12,19H,8,10H2,1H3,(H,18,23). The van der Waals surface area contributed by atoms with E-state index in [2.05, 4.69) is 21.5 Å². The first-order valence-electron chi connectivity index (χ1n) is 7.53. The number of hydrogen-bond acceptors (Lipinski definition) is 3. The third kappa shape index (κ3) is 3.15. The molecule has 6 heteroatoms. The van der Waals surface area contributed by atoms with Crippen molar-refractivity contribution in [1.29, 1.82) is 0 Å². The van der Waals surface area contributed by atoms with Crippen LogP contribution >= 0.6 is 0 Å². The largest absolute Gasteiger partial charge is 0.361 e. The van der Waals surface area contributed by atoms with Crippen LogP contribution in [0.25, 0.3) is 10.9 Å². The molecule has 0 aliphatic rings. The SMILES string of the molecule is CC(C(=O)NCCc1c[nH]c2ccccc12)n1ncccc1=O. The van der Waals surface area contributed by atoms with E-state index in [1.807, 2.05) is 24.4 Å². The number of nitrogens with zero attached hydrogens (tertiary/aromatic N) is 2. The molecule has 0 radical (unpaired) electrons. The maximum absolute atomic E-state index is 12.2. The highest BCUT2D eigenvalue weighted by Gasteiger charge is 2.16. The van der Waals surface area contributed by atoms with Crippen LogP contribution in [0.5, 0.6) is 0 Å². The molecule has 0 aliphatic heterocycles. The monoisotopic (exact) mass is 310 g/mol. The van der Waals surface area contributed by atoms with Gasteiger partial charge in [-0.25, -0.2) is 4.68 Å². The normalized spacial score (nSPS) is 12.2. The molecule has 0 saturated carbocycles. The Hall–Kier alpha value is -2.89. The molecular formula is C17H18N4O2. The second-order valence-electron chi connectivity index (χ2n) is 5.38. The third-order valence-corrected chi connectivity index (χ3v) is 3.86. The van der Waals surface area contributed by atoms with Crippen LogP contribution < -0.4 is 10.9 Å². The van der Waals surface area contributed by atoms with Gasteiger partial charge in [0.15, 0.2) is 0 Å². The fraction of sp³-hybridized carbons (Fsp3) is 0.235. The predicted molar refractivity (Wildman–Crippen MR) is 88.2 cm³/mol. The van der Waals surface area contributed by atoms with Gasteiger partial charge in [0, 0.05) is 35.9 Å². The van der Waals surface area contributed by atoms with Gasteiger partial charge >= 0.3 is 0 Å². The quantitative estimate of drug-likeness (QED) is 0.752. The van der Waals surface area contributed by atoms with Crippen molar-refractivity contribution in [3.63, 3.8) is 0 Å². The summed E-state index contributed by atoms with van der Waals surface area (Å²) in [5, 5.41) is 7.96. The summed E-state index contributed by atoms with van der Waals surface area (Å²) < 4.78 is 1.18. The lowest BCUT2D eigenvalue weighted by Gasteiger charge is -2.13. The molecule has 0 bridgehead atoms. The Kier molecular flexibility index (Phi) is 4.23. The zero-order valence-corrected chi connectivity index (χ0v) is 12.8. The summed E-state index contributed by atoms with van der Waals surface area (Å²) in [5.41, 5.74) is 1.96. The second kappa shape index (κ2) is 6.48. The van der Waals surface area contributed by atoms with E-state index >= 15 is 0 Å². The molecule has 0 saturated heterocycles. The molecule has 1 amide bonds. The Balaban J connectivity index is 1.61. The molecular weight excluding hydrogens is 292 g/mol. The lowest BCUT2D eigenvalue weighted by molar-refractivity contribution is -0.124. The molecule has 3 rings (SSSR count). The number of para-hydroxylation sites is 1. The number of benzene rings is 1. The average molecular weight is 310 g/mol. The summed E-state index contributed by atoms with van der Waals surface area (Å²) in [5.74, 6) is -0.217. The third-order valence-electron chi connectivity index (χ3n) is 3.86. The number of fused-ring (bicyclic) bond motifs is 1. The van der Waals surface area contributed by atoms with Crippen LogP contribution in [-0.4, -0.2) is 27.2 Å². The van der Waals surface area contributed by atoms with Gasteiger partial charge < -0.3 is 10.3 Å². The van der Waals surface area contributed by atoms with Gasteiger partial charge in [-0.1, -0.05) is 18.2 Å². The van der Waals surface area contributed by atoms with Crippen molar-refractivity contribution in [3.05, 3.63) is 64.7 Å². The zero-order valence-electron chi connectivity index (χ0n) is 12.8. The molecule has 2 heterocycles. The number of hydrogen-bond donors (Lipinski definition) is 2. The highest BCUT2D eigenvalue weighted by Crippen LogP contribution is 2.17. The summed E-state index contributed by atoms with van der Waals surface area (Å²) in [6.45, 7) is 2.17. The minimum absolute atomic E-state index is 0.217. The van der Waals surface area contributed by atoms with Crippen LogP contribution in [0.2, 0.25) is 0 Å². The Morgan fingerprint density at radius 2 is 2.13 bits per heavy atom. The van der Waals surface area contributed by atoms with Crippen LogP contribution in [0.15, 0.2) is 53.6 Å². The molecule has 1 unspecified atom stereocenters. The molecule has 2 N–H and O–H groups in total. The molecule has 2 aromatic heterocycles. The minimum Gasteiger partial charge on any atom is -0.361 e. The van der Waals surface area contributed by atoms with E-state index < -0.39 is 6.04 Å². The molecule has 6 nitrogen and oxygen atoms in total. The van der Waals surface area contributed by atoms with Gasteiger partial charge in [0.25, 0.3) is 5.56 Å². The average Bonchev–Trinajstić information content (AvgIpc) is 2.98. The summed E-state index contributed by atoms with van der Waals surface area (Å²) >= 11 is 0. The molecule has 118 valence electrons. The van der Waals surface area contributed by atoms with Crippen LogP contribution in [0.4, 0.5) is 0 Å². The smallest absolute Gasteiger partial charge is 0.267 e. The van der Waals surface area contributed by atoms with Crippen LogP contribution in [0, 0.1) is 0 Å². The highest BCUT2D eigenvalue weighted by molar-refractivity contribution is 5.83. The lowest BCUT2D eigenvalue weighted by Crippen LogP contribution is -2.37. The van der Waals surface area contributed by atoms with E-state index in [0.717, 1.165) is 22.9 Å². The van der Waals surface area contributed by atoms with Crippen molar-refractivity contribution < 1.29 is 4.79 Å². The van der Waals surface area contributed by atoms with E-state index in [1.165, 1.54) is 16.9 Å². The van der Waals surface area contributed by atoms with Crippen molar-refractivity contribution in [2.45, 2.75) is 19.4 Å². The second-order valence-corrected chi connectivity index (χ2v) is 5.38. The molecule has 0 fully saturated rings. The van der Waals surface area contributed by atoms with Crippen LogP contribution in [0.3, 0.4) is 0 Å². The van der Waals surface area contributed by atoms with Crippen molar-refractivity contribution in [3.8, 4) is 0 Å². The topological polar surface area (TPSA) is 79.8 Å². The van der Waals surface area contributed by atoms with Crippen LogP contribution in [-0.2, 0) is 11.2 Å². The minimum atomic E-state index is -0.633. The van der Waals surface area contributed by atoms with Gasteiger partial charge in [0.05, 0.1) is 0 Å². The Morgan fingerprint density at radius 1 is 1.30 bits per heavy atom. The lowest BCUT2D eigenvalue weighted by atomic mass is 10.1. The number of carbonyl (C=O) groups excluding carboxylic acids is 1. The number of amides is 1. The first-order valence-corrected chi connectivity index (χ1v) is 7.53. The van der Waals surface area contributed by atoms with E-state index in [9.17, 15) is 9.59 Å². The predicted octanol–water partition coefficient (Wildman–Crippen LogP) is 1.64. The Labute approximate surface area is 133 Å². The van der Waals surface area contributed by atoms with Gasteiger partial charge in [-0.15, -0.1) is 0 Å². The maximum atomic E-state index is 12.2. The van der Waals surface area contributed by atoms with Crippen molar-refractivity contribution in [2.24, 2.45) is 0 Å². The van der Waals surface area contributed by atoms with Gasteiger partial charge in [-0.05, 0) is 31.0 Å². The zero-order chi connectivity index (χ0) is 16.2. The maximum Gasteiger partial charge on any atom is 0.267 e. The fourth-order valence-electron chi connectivity index (χ4n) is 2.58. The van der Waals surface area contributed by atoms with Crippen molar-refractivity contribution in [1.82, 2.24) is 20.1 Å². The summed E-state index contributed by atoms with van der Waals surface area (Å²) in [6.07, 6.45) is 4.18. The van der Waals surface area contributed by atoms with Gasteiger partial charge in [-0.3, -0.25) is 9.59 Å². The number of aromatic nitrogens is 3. The summed E-state index contributed by atoms with van der Waals surface area (Å²) in [4.78, 5) is 27.1. The number of aromatic amines is 1. The van der Waals surface area contributed by atoms with Crippen LogP contribution in [0.1, 0.15) is 18.5 Å². The first kappa shape index (κ1) is 15.0. The van der Waals surface area contributed by atoms with Crippen molar-refractivity contribution in [2.75, 3.05) is 6.54 Å². The fourth-order valence-corrected chi connectivity index (χ4v) is 2.58. The molecule has 0 aliphatic carbocycles. The van der Waals surface area contributed by atoms with Crippen molar-refractivity contribution >= 4 is 16.8 Å². The summed E-state index contributed by atoms with van der Waals surface area (Å²) in [7, 11) is 0. The molecule has 0 spiro atoms.